The van der Waals surface area contributed by atoms with Crippen LogP contribution in [0, 0.1) is 5.92 Å². The minimum absolute atomic E-state index is 0.0268. The second kappa shape index (κ2) is 14.3. The predicted molar refractivity (Wildman–Crippen MR) is 127 cm³/mol. The Morgan fingerprint density at radius 2 is 1.55 bits per heavy atom. The van der Waals surface area contributed by atoms with Crippen molar-refractivity contribution in [2.24, 2.45) is 5.92 Å². The maximum absolute atomic E-state index is 12.5. The molecule has 2 N–H and O–H groups in total. The molecule has 0 saturated carbocycles. The highest BCUT2D eigenvalue weighted by Crippen LogP contribution is 2.20. The van der Waals surface area contributed by atoms with E-state index in [0.717, 1.165) is 11.1 Å². The molecule has 0 fully saturated rings. The summed E-state index contributed by atoms with van der Waals surface area (Å²) in [7, 11) is 1.32. The number of carbonyl (C=O) groups is 4. The fraction of sp³-hybridized carbons (Fsp3) is 0.545. The number of methoxy groups -OCH3 is 1. The Morgan fingerprint density at radius 1 is 0.968 bits per heavy atom. The van der Waals surface area contributed by atoms with Gasteiger partial charge in [0, 0.05) is 41.5 Å². The number of benzene rings is 1. The summed E-state index contributed by atoms with van der Waals surface area (Å²) in [6, 6.07) is 5.12. The summed E-state index contributed by atoms with van der Waals surface area (Å²) in [6.45, 7) is 3.30. The number of ether oxygens (including phenoxy) is 1. The Kier molecular flexibility index (Phi) is 12.6. The van der Waals surface area contributed by atoms with Crippen LogP contribution in [0.1, 0.15) is 57.1 Å². The molecular weight excluding hydrogens is 532 g/mol. The molecule has 0 aliphatic heterocycles. The number of hydrogen-bond donors (Lipinski definition) is 2. The number of esters is 1. The molecule has 0 radical (unpaired) electrons. The first-order valence-electron chi connectivity index (χ1n) is 10.1. The van der Waals surface area contributed by atoms with E-state index in [4.69, 9.17) is 0 Å². The number of hydrogen-bond acceptors (Lipinski definition) is 5. The van der Waals surface area contributed by atoms with Crippen LogP contribution in [-0.4, -0.2) is 36.7 Å². The van der Waals surface area contributed by atoms with Crippen molar-refractivity contribution in [3.63, 3.8) is 0 Å². The lowest BCUT2D eigenvalue weighted by Crippen LogP contribution is -2.39. The fourth-order valence-electron chi connectivity index (χ4n) is 2.88. The van der Waals surface area contributed by atoms with E-state index in [1.54, 1.807) is 13.8 Å². The van der Waals surface area contributed by atoms with Gasteiger partial charge in [0.1, 0.15) is 0 Å². The van der Waals surface area contributed by atoms with Gasteiger partial charge in [0.15, 0.2) is 5.78 Å². The van der Waals surface area contributed by atoms with Crippen molar-refractivity contribution in [3.05, 3.63) is 29.3 Å². The van der Waals surface area contributed by atoms with E-state index in [1.807, 2.05) is 18.2 Å². The van der Waals surface area contributed by atoms with Crippen LogP contribution in [-0.2, 0) is 34.6 Å². The third kappa shape index (κ3) is 10.4. The van der Waals surface area contributed by atoms with Gasteiger partial charge in [-0.2, -0.15) is 0 Å². The molecule has 1 aromatic carbocycles. The van der Waals surface area contributed by atoms with Crippen LogP contribution in [0.15, 0.2) is 18.2 Å². The van der Waals surface area contributed by atoms with E-state index in [2.05, 4.69) is 47.2 Å². The normalized spacial score (nSPS) is 12.5. The maximum atomic E-state index is 12.5. The highest BCUT2D eigenvalue weighted by atomic mass is 79.9. The number of alkyl halides is 2. The largest absolute Gasteiger partial charge is 0.469 e. The Balaban J connectivity index is 2.48. The van der Waals surface area contributed by atoms with E-state index in [-0.39, 0.29) is 42.8 Å². The van der Waals surface area contributed by atoms with Gasteiger partial charge >= 0.3 is 5.97 Å². The summed E-state index contributed by atoms with van der Waals surface area (Å²) < 4.78 is 4.55. The average molecular weight is 562 g/mol. The molecule has 2 atom stereocenters. The highest BCUT2D eigenvalue weighted by molar-refractivity contribution is 9.08. The number of amides is 2. The van der Waals surface area contributed by atoms with Crippen molar-refractivity contribution in [1.82, 2.24) is 5.32 Å². The molecule has 0 aliphatic carbocycles. The lowest BCUT2D eigenvalue weighted by Gasteiger charge is -2.17. The van der Waals surface area contributed by atoms with E-state index >= 15 is 0 Å². The van der Waals surface area contributed by atoms with Crippen LogP contribution < -0.4 is 10.6 Å². The first-order chi connectivity index (χ1) is 14.7. The first kappa shape index (κ1) is 27.3. The summed E-state index contributed by atoms with van der Waals surface area (Å²) in [5.74, 6) is -1.55. The second-order valence-electron chi connectivity index (χ2n) is 7.44. The van der Waals surface area contributed by atoms with Crippen molar-refractivity contribution >= 4 is 61.1 Å². The van der Waals surface area contributed by atoms with E-state index in [0.29, 0.717) is 29.2 Å². The molecule has 31 heavy (non-hydrogen) atoms. The number of unbranched alkanes of at least 4 members (excludes halogenated alkanes) is 1. The number of ketones is 1. The van der Waals surface area contributed by atoms with Crippen LogP contribution >= 0.6 is 31.9 Å². The lowest BCUT2D eigenvalue weighted by molar-refractivity contribution is -0.140. The van der Waals surface area contributed by atoms with Crippen molar-refractivity contribution in [2.45, 2.75) is 62.7 Å². The van der Waals surface area contributed by atoms with Crippen LogP contribution in [0.5, 0.6) is 0 Å². The van der Waals surface area contributed by atoms with Crippen LogP contribution in [0.2, 0.25) is 0 Å². The molecule has 0 aliphatic rings. The SMILES string of the molecule is COC(=O)CCCCC(=O)N[C@@H](C)C(=O)C[C@@H](C)C(=O)Nc1cc(CBr)cc(CBr)c1. The van der Waals surface area contributed by atoms with Gasteiger partial charge in [0.2, 0.25) is 11.8 Å². The zero-order valence-corrected chi connectivity index (χ0v) is 21.3. The molecule has 0 unspecified atom stereocenters. The number of nitrogens with one attached hydrogen (secondary N) is 2. The molecule has 2 amide bonds. The summed E-state index contributed by atoms with van der Waals surface area (Å²) in [5, 5.41) is 6.87. The third-order valence-electron chi connectivity index (χ3n) is 4.71. The van der Waals surface area contributed by atoms with Crippen LogP contribution in [0.4, 0.5) is 5.69 Å². The Bertz CT molecular complexity index is 763. The summed E-state index contributed by atoms with van der Waals surface area (Å²) in [6.07, 6.45) is 1.60. The van der Waals surface area contributed by atoms with Gasteiger partial charge in [0.05, 0.1) is 13.2 Å². The van der Waals surface area contributed by atoms with Crippen LogP contribution in [0.3, 0.4) is 0 Å². The van der Waals surface area contributed by atoms with E-state index < -0.39 is 12.0 Å². The minimum Gasteiger partial charge on any atom is -0.469 e. The Hall–Kier alpha value is -1.74. The second-order valence-corrected chi connectivity index (χ2v) is 8.56. The number of carbonyl (C=O) groups excluding carboxylic acids is 4. The van der Waals surface area contributed by atoms with Gasteiger partial charge in [-0.1, -0.05) is 44.8 Å². The number of rotatable bonds is 13. The molecule has 0 heterocycles. The molecule has 9 heteroatoms. The zero-order valence-electron chi connectivity index (χ0n) is 18.1. The Labute approximate surface area is 200 Å². The molecule has 0 aromatic heterocycles. The van der Waals surface area contributed by atoms with Gasteiger partial charge in [-0.25, -0.2) is 0 Å². The maximum Gasteiger partial charge on any atom is 0.305 e. The molecule has 0 bridgehead atoms. The summed E-state index contributed by atoms with van der Waals surface area (Å²) in [4.78, 5) is 48.0. The fourth-order valence-corrected chi connectivity index (χ4v) is 3.52. The molecule has 0 spiro atoms. The summed E-state index contributed by atoms with van der Waals surface area (Å²) in [5.41, 5.74) is 2.77. The van der Waals surface area contributed by atoms with Crippen molar-refractivity contribution in [3.8, 4) is 0 Å². The Morgan fingerprint density at radius 3 is 2.10 bits per heavy atom. The molecular formula is C22H30Br2N2O5. The molecule has 0 saturated heterocycles. The van der Waals surface area contributed by atoms with Crippen molar-refractivity contribution < 1.29 is 23.9 Å². The first-order valence-corrected chi connectivity index (χ1v) is 12.4. The smallest absolute Gasteiger partial charge is 0.305 e. The summed E-state index contributed by atoms with van der Waals surface area (Å²) >= 11 is 6.84. The van der Waals surface area contributed by atoms with Gasteiger partial charge in [-0.05, 0) is 43.0 Å². The monoisotopic (exact) mass is 560 g/mol. The van der Waals surface area contributed by atoms with E-state index in [9.17, 15) is 19.2 Å². The lowest BCUT2D eigenvalue weighted by atomic mass is 9.99. The third-order valence-corrected chi connectivity index (χ3v) is 6.00. The van der Waals surface area contributed by atoms with Gasteiger partial charge in [-0.3, -0.25) is 19.2 Å². The topological polar surface area (TPSA) is 102 Å². The average Bonchev–Trinajstić information content (AvgIpc) is 2.75. The number of halogens is 2. The van der Waals surface area contributed by atoms with E-state index in [1.165, 1.54) is 7.11 Å². The standard InChI is InChI=1S/C22H30Br2N2O5/c1-14(22(30)26-18-10-16(12-23)9-17(11-18)13-24)8-19(27)15(2)25-20(28)6-4-5-7-21(29)31-3/h9-11,14-15H,4-8,12-13H2,1-3H3,(H,25,28)(H,26,30)/t14-,15+/m1/s1. The van der Waals surface area contributed by atoms with Gasteiger partial charge in [0.25, 0.3) is 0 Å². The zero-order chi connectivity index (χ0) is 23.4. The van der Waals surface area contributed by atoms with Crippen molar-refractivity contribution in [2.75, 3.05) is 12.4 Å². The molecule has 1 aromatic rings. The molecule has 1 rings (SSSR count). The molecule has 172 valence electrons. The highest BCUT2D eigenvalue weighted by Gasteiger charge is 2.22. The van der Waals surface area contributed by atoms with Gasteiger partial charge in [-0.15, -0.1) is 0 Å². The molecule has 7 nitrogen and oxygen atoms in total. The number of Topliss-reactive ketones (excluding diaryl/α,β-unsaturated/α-hetero) is 1. The van der Waals surface area contributed by atoms with Gasteiger partial charge < -0.3 is 15.4 Å². The minimum atomic E-state index is -0.680. The predicted octanol–water partition coefficient (Wildman–Crippen LogP) is 4.25. The van der Waals surface area contributed by atoms with Crippen LogP contribution in [0.25, 0.3) is 0 Å². The number of anilines is 1. The quantitative estimate of drug-likeness (QED) is 0.213. The van der Waals surface area contributed by atoms with Crippen molar-refractivity contribution in [1.29, 1.82) is 0 Å².